The van der Waals surface area contributed by atoms with Crippen LogP contribution < -0.4 is 4.90 Å². The van der Waals surface area contributed by atoms with E-state index in [9.17, 15) is 0 Å². The second-order valence-corrected chi connectivity index (χ2v) is 3.96. The fourth-order valence-corrected chi connectivity index (χ4v) is 1.82. The average Bonchev–Trinajstić information content (AvgIpc) is 2.71. The summed E-state index contributed by atoms with van der Waals surface area (Å²) >= 11 is 0. The Morgan fingerprint density at radius 3 is 2.57 bits per heavy atom. The van der Waals surface area contributed by atoms with Crippen molar-refractivity contribution in [3.05, 3.63) is 29.8 Å². The van der Waals surface area contributed by atoms with Crippen LogP contribution in [0, 0.1) is 6.92 Å². The summed E-state index contributed by atoms with van der Waals surface area (Å²) in [7, 11) is 2.14. The van der Waals surface area contributed by atoms with Crippen LogP contribution in [0.5, 0.6) is 0 Å². The van der Waals surface area contributed by atoms with E-state index in [1.54, 1.807) is 0 Å². The summed E-state index contributed by atoms with van der Waals surface area (Å²) in [6.45, 7) is 3.88. The van der Waals surface area contributed by atoms with Gasteiger partial charge in [0.2, 0.25) is 0 Å². The Bertz CT molecular complexity index is 288. The van der Waals surface area contributed by atoms with Crippen molar-refractivity contribution in [2.24, 2.45) is 0 Å². The molecule has 1 unspecified atom stereocenters. The Hall–Kier alpha value is -1.02. The highest BCUT2D eigenvalue weighted by atomic mass is 16.5. The number of hydrogen-bond donors (Lipinski definition) is 0. The maximum absolute atomic E-state index is 5.38. The normalized spacial score (nSPS) is 21.1. The third-order valence-electron chi connectivity index (χ3n) is 2.89. The molecule has 0 radical (unpaired) electrons. The van der Waals surface area contributed by atoms with Crippen LogP contribution in [0.4, 0.5) is 5.69 Å². The van der Waals surface area contributed by atoms with Gasteiger partial charge in [-0.2, -0.15) is 0 Å². The van der Waals surface area contributed by atoms with Crippen molar-refractivity contribution in [2.45, 2.75) is 19.4 Å². The zero-order valence-electron chi connectivity index (χ0n) is 8.86. The monoisotopic (exact) mass is 191 g/mol. The van der Waals surface area contributed by atoms with Crippen molar-refractivity contribution in [1.29, 1.82) is 0 Å². The first kappa shape index (κ1) is 9.53. The molecule has 1 aliphatic rings. The van der Waals surface area contributed by atoms with Crippen LogP contribution >= 0.6 is 0 Å². The zero-order valence-corrected chi connectivity index (χ0v) is 8.86. The first-order chi connectivity index (χ1) is 6.77. The van der Waals surface area contributed by atoms with E-state index in [1.807, 2.05) is 0 Å². The summed E-state index contributed by atoms with van der Waals surface area (Å²) in [5, 5.41) is 0. The lowest BCUT2D eigenvalue weighted by Gasteiger charge is -2.25. The van der Waals surface area contributed by atoms with E-state index in [2.05, 4.69) is 43.1 Å². The van der Waals surface area contributed by atoms with Gasteiger partial charge in [-0.05, 0) is 25.5 Å². The lowest BCUT2D eigenvalue weighted by molar-refractivity contribution is 0.193. The van der Waals surface area contributed by atoms with E-state index in [0.717, 1.165) is 19.6 Å². The van der Waals surface area contributed by atoms with Gasteiger partial charge in [-0.25, -0.2) is 0 Å². The molecule has 76 valence electrons. The van der Waals surface area contributed by atoms with Gasteiger partial charge in [0, 0.05) is 19.3 Å². The molecule has 1 saturated heterocycles. The van der Waals surface area contributed by atoms with Crippen molar-refractivity contribution in [3.63, 3.8) is 0 Å². The van der Waals surface area contributed by atoms with Gasteiger partial charge in [0.1, 0.15) is 0 Å². The van der Waals surface area contributed by atoms with Gasteiger partial charge in [-0.3, -0.25) is 0 Å². The zero-order chi connectivity index (χ0) is 9.97. The van der Waals surface area contributed by atoms with E-state index in [0.29, 0.717) is 6.04 Å². The molecule has 2 nitrogen and oxygen atoms in total. The van der Waals surface area contributed by atoms with Crippen LogP contribution in [0.2, 0.25) is 0 Å². The Balaban J connectivity index is 2.09. The van der Waals surface area contributed by atoms with Crippen molar-refractivity contribution < 1.29 is 4.74 Å². The molecular weight excluding hydrogens is 174 g/mol. The standard InChI is InChI=1S/C12H17NO/c1-10-3-5-11(6-4-10)13(2)12-7-8-14-9-12/h3-6,12H,7-9H2,1-2H3. The predicted octanol–water partition coefficient (Wildman–Crippen LogP) is 2.22. The van der Waals surface area contributed by atoms with Gasteiger partial charge >= 0.3 is 0 Å². The first-order valence-electron chi connectivity index (χ1n) is 5.14. The van der Waals surface area contributed by atoms with Gasteiger partial charge < -0.3 is 9.64 Å². The number of likely N-dealkylation sites (N-methyl/N-ethyl adjacent to an activating group) is 1. The Labute approximate surface area is 85.5 Å². The highest BCUT2D eigenvalue weighted by molar-refractivity contribution is 5.47. The second-order valence-electron chi connectivity index (χ2n) is 3.96. The molecule has 0 bridgehead atoms. The number of ether oxygens (including phenoxy) is 1. The minimum Gasteiger partial charge on any atom is -0.379 e. The van der Waals surface area contributed by atoms with Gasteiger partial charge in [0.15, 0.2) is 0 Å². The Kier molecular flexibility index (Phi) is 2.73. The summed E-state index contributed by atoms with van der Waals surface area (Å²) in [6, 6.07) is 9.21. The molecule has 0 N–H and O–H groups in total. The number of hydrogen-bond acceptors (Lipinski definition) is 2. The minimum absolute atomic E-state index is 0.553. The lowest BCUT2D eigenvalue weighted by atomic mass is 10.1. The summed E-state index contributed by atoms with van der Waals surface area (Å²) in [5.74, 6) is 0. The molecule has 1 fully saturated rings. The smallest absolute Gasteiger partial charge is 0.0670 e. The van der Waals surface area contributed by atoms with Crippen LogP contribution in [0.15, 0.2) is 24.3 Å². The molecule has 1 aromatic carbocycles. The molecule has 0 spiro atoms. The Morgan fingerprint density at radius 1 is 1.29 bits per heavy atom. The summed E-state index contributed by atoms with van der Waals surface area (Å²) in [6.07, 6.45) is 1.14. The molecule has 2 heteroatoms. The molecule has 0 saturated carbocycles. The molecule has 1 aromatic rings. The van der Waals surface area contributed by atoms with Crippen molar-refractivity contribution in [3.8, 4) is 0 Å². The number of aryl methyl sites for hydroxylation is 1. The van der Waals surface area contributed by atoms with Gasteiger partial charge in [-0.1, -0.05) is 17.7 Å². The second kappa shape index (κ2) is 4.01. The molecule has 14 heavy (non-hydrogen) atoms. The molecule has 1 aliphatic heterocycles. The molecule has 1 heterocycles. The third-order valence-corrected chi connectivity index (χ3v) is 2.89. The largest absolute Gasteiger partial charge is 0.379 e. The summed E-state index contributed by atoms with van der Waals surface area (Å²) in [4.78, 5) is 2.31. The molecule has 1 atom stereocenters. The van der Waals surface area contributed by atoms with E-state index in [-0.39, 0.29) is 0 Å². The fourth-order valence-electron chi connectivity index (χ4n) is 1.82. The highest BCUT2D eigenvalue weighted by Crippen LogP contribution is 2.20. The third kappa shape index (κ3) is 1.90. The van der Waals surface area contributed by atoms with E-state index < -0.39 is 0 Å². The van der Waals surface area contributed by atoms with E-state index >= 15 is 0 Å². The van der Waals surface area contributed by atoms with Crippen LogP contribution in [0.1, 0.15) is 12.0 Å². The van der Waals surface area contributed by atoms with Gasteiger partial charge in [0.25, 0.3) is 0 Å². The number of nitrogens with zero attached hydrogens (tertiary/aromatic N) is 1. The topological polar surface area (TPSA) is 12.5 Å². The van der Waals surface area contributed by atoms with Crippen LogP contribution in [0.25, 0.3) is 0 Å². The summed E-state index contributed by atoms with van der Waals surface area (Å²) in [5.41, 5.74) is 2.59. The molecule has 0 aliphatic carbocycles. The maximum atomic E-state index is 5.38. The Morgan fingerprint density at radius 2 is 2.00 bits per heavy atom. The molecule has 0 amide bonds. The van der Waals surface area contributed by atoms with Crippen molar-refractivity contribution >= 4 is 5.69 Å². The van der Waals surface area contributed by atoms with E-state index in [1.165, 1.54) is 11.3 Å². The minimum atomic E-state index is 0.553. The van der Waals surface area contributed by atoms with Crippen molar-refractivity contribution in [2.75, 3.05) is 25.2 Å². The number of anilines is 1. The van der Waals surface area contributed by atoms with Gasteiger partial charge in [0.05, 0.1) is 12.6 Å². The average molecular weight is 191 g/mol. The lowest BCUT2D eigenvalue weighted by Crippen LogP contribution is -2.31. The van der Waals surface area contributed by atoms with Crippen LogP contribution in [0.3, 0.4) is 0 Å². The van der Waals surface area contributed by atoms with Gasteiger partial charge in [-0.15, -0.1) is 0 Å². The molecule has 2 rings (SSSR count). The maximum Gasteiger partial charge on any atom is 0.0670 e. The number of benzene rings is 1. The first-order valence-corrected chi connectivity index (χ1v) is 5.14. The molecule has 0 aromatic heterocycles. The van der Waals surface area contributed by atoms with Crippen LogP contribution in [-0.2, 0) is 4.74 Å². The highest BCUT2D eigenvalue weighted by Gasteiger charge is 2.20. The van der Waals surface area contributed by atoms with Crippen LogP contribution in [-0.4, -0.2) is 26.3 Å². The molecular formula is C12H17NO. The SMILES string of the molecule is Cc1ccc(N(C)C2CCOC2)cc1. The fraction of sp³-hybridized carbons (Fsp3) is 0.500. The summed E-state index contributed by atoms with van der Waals surface area (Å²) < 4.78 is 5.38. The van der Waals surface area contributed by atoms with Crippen molar-refractivity contribution in [1.82, 2.24) is 0 Å². The number of rotatable bonds is 2. The quantitative estimate of drug-likeness (QED) is 0.710. The predicted molar refractivity (Wildman–Crippen MR) is 58.8 cm³/mol. The van der Waals surface area contributed by atoms with E-state index in [4.69, 9.17) is 4.74 Å².